The first-order valence-electron chi connectivity index (χ1n) is 3.72. The summed E-state index contributed by atoms with van der Waals surface area (Å²) in [6, 6.07) is 2.88. The van der Waals surface area contributed by atoms with Crippen LogP contribution in [0.15, 0.2) is 18.3 Å². The molecule has 0 fully saturated rings. The Morgan fingerprint density at radius 1 is 1.43 bits per heavy atom. The van der Waals surface area contributed by atoms with Crippen LogP contribution in [0.5, 0.6) is 0 Å². The zero-order chi connectivity index (χ0) is 10.8. The number of hydrogen-bond donors (Lipinski definition) is 0. The van der Waals surface area contributed by atoms with E-state index in [2.05, 4.69) is 8.05 Å². The smallest absolute Gasteiger partial charge is 0.298 e. The zero-order valence-corrected chi connectivity index (χ0v) is 9.33. The molecule has 2 nitrogen and oxygen atoms in total. The molecule has 0 aliphatic rings. The molecule has 0 amide bonds. The highest BCUT2D eigenvalue weighted by Crippen LogP contribution is 2.36. The lowest BCUT2D eigenvalue weighted by Gasteiger charge is -2.17. The van der Waals surface area contributed by atoms with E-state index in [1.807, 2.05) is 0 Å². The molecule has 0 N–H and O–H groups in total. The van der Waals surface area contributed by atoms with Gasteiger partial charge in [0.1, 0.15) is 23.0 Å². The molecule has 0 saturated carbocycles. The minimum atomic E-state index is -4.40. The molecule has 0 unspecified atom stereocenters. The van der Waals surface area contributed by atoms with Gasteiger partial charge in [-0.1, -0.05) is 6.07 Å². The third-order valence-corrected chi connectivity index (χ3v) is 2.13. The average Bonchev–Trinajstić information content (AvgIpc) is 2.07. The van der Waals surface area contributed by atoms with Crippen molar-refractivity contribution in [2.24, 2.45) is 0 Å². The van der Waals surface area contributed by atoms with E-state index in [0.29, 0.717) is 5.69 Å². The van der Waals surface area contributed by atoms with Crippen LogP contribution in [0.2, 0.25) is 0 Å². The molecule has 0 bridgehead atoms. The summed E-state index contributed by atoms with van der Waals surface area (Å²) in [7, 11) is 0. The molecule has 0 aromatic carbocycles. The fourth-order valence-corrected chi connectivity index (χ4v) is 1.51. The van der Waals surface area contributed by atoms with Crippen LogP contribution in [0.3, 0.4) is 0 Å². The van der Waals surface area contributed by atoms with Crippen LogP contribution in [-0.2, 0) is 3.07 Å². The van der Waals surface area contributed by atoms with E-state index in [4.69, 9.17) is 0 Å². The van der Waals surface area contributed by atoms with Gasteiger partial charge in [0.15, 0.2) is 6.10 Å². The van der Waals surface area contributed by atoms with Gasteiger partial charge in [-0.25, -0.2) is 0 Å². The van der Waals surface area contributed by atoms with Gasteiger partial charge < -0.3 is 0 Å². The lowest BCUT2D eigenvalue weighted by atomic mass is 10.1. The highest BCUT2D eigenvalue weighted by Gasteiger charge is 2.42. The number of aryl methyl sites for hydroxylation is 1. The maximum atomic E-state index is 12.3. The van der Waals surface area contributed by atoms with E-state index >= 15 is 0 Å². The Bertz CT molecular complexity index is 298. The predicted molar refractivity (Wildman–Crippen MR) is 52.9 cm³/mol. The summed E-state index contributed by atoms with van der Waals surface area (Å²) in [5.74, 6) is 0. The fourth-order valence-electron chi connectivity index (χ4n) is 0.925. The Hall–Kier alpha value is -0.370. The number of halogens is 4. The van der Waals surface area contributed by atoms with Crippen molar-refractivity contribution >= 4 is 23.0 Å². The highest BCUT2D eigenvalue weighted by molar-refractivity contribution is 14.1. The van der Waals surface area contributed by atoms with Gasteiger partial charge >= 0.3 is 6.18 Å². The molecule has 1 aromatic rings. The van der Waals surface area contributed by atoms with E-state index in [0.717, 1.165) is 0 Å². The molecular weight excluding hydrogens is 310 g/mol. The van der Waals surface area contributed by atoms with Gasteiger partial charge in [0, 0.05) is 17.5 Å². The van der Waals surface area contributed by atoms with Crippen molar-refractivity contribution in [1.29, 1.82) is 0 Å². The minimum absolute atomic E-state index is 0.0116. The number of hydrogen-bond acceptors (Lipinski definition) is 2. The van der Waals surface area contributed by atoms with E-state index < -0.39 is 12.3 Å². The highest BCUT2D eigenvalue weighted by atomic mass is 127. The normalized spacial score (nSPS) is 14.1. The summed E-state index contributed by atoms with van der Waals surface area (Å²) in [6.07, 6.45) is -5.14. The fraction of sp³-hybridized carbons (Fsp3) is 0.375. The first kappa shape index (κ1) is 11.7. The Morgan fingerprint density at radius 2 is 2.07 bits per heavy atom. The standard InChI is InChI=1S/C8H7F3INO/c1-5-2-3-6(4-13-5)7(14-12)8(9,10)11/h2-4,7H,1H3/t7-/m1/s1. The Morgan fingerprint density at radius 3 is 2.43 bits per heavy atom. The third kappa shape index (κ3) is 2.81. The molecule has 0 saturated heterocycles. The first-order chi connectivity index (χ1) is 6.45. The van der Waals surface area contributed by atoms with Gasteiger partial charge in [0.2, 0.25) is 0 Å². The Kier molecular flexibility index (Phi) is 3.71. The molecule has 6 heteroatoms. The quantitative estimate of drug-likeness (QED) is 0.781. The first-order valence-corrected chi connectivity index (χ1v) is 4.60. The zero-order valence-electron chi connectivity index (χ0n) is 7.18. The largest absolute Gasteiger partial charge is 0.419 e. The van der Waals surface area contributed by atoms with Crippen LogP contribution >= 0.6 is 23.0 Å². The van der Waals surface area contributed by atoms with Gasteiger partial charge in [-0.2, -0.15) is 13.2 Å². The molecule has 1 heterocycles. The van der Waals surface area contributed by atoms with Crippen LogP contribution in [0.25, 0.3) is 0 Å². The van der Waals surface area contributed by atoms with Gasteiger partial charge in [-0.15, -0.1) is 0 Å². The molecule has 1 atom stereocenters. The summed E-state index contributed by atoms with van der Waals surface area (Å²) in [4.78, 5) is 3.78. The minimum Gasteiger partial charge on any atom is -0.298 e. The number of rotatable bonds is 2. The lowest BCUT2D eigenvalue weighted by molar-refractivity contribution is -0.189. The third-order valence-electron chi connectivity index (χ3n) is 1.62. The number of nitrogens with zero attached hydrogens (tertiary/aromatic N) is 1. The predicted octanol–water partition coefficient (Wildman–Crippen LogP) is 3.36. The molecule has 0 spiro atoms. The van der Waals surface area contributed by atoms with Crippen molar-refractivity contribution in [3.05, 3.63) is 29.6 Å². The van der Waals surface area contributed by atoms with Crippen molar-refractivity contribution < 1.29 is 16.2 Å². The molecular formula is C8H7F3INO. The van der Waals surface area contributed by atoms with Crippen molar-refractivity contribution in [1.82, 2.24) is 4.98 Å². The van der Waals surface area contributed by atoms with Gasteiger partial charge in [0.25, 0.3) is 0 Å². The molecule has 0 aliphatic heterocycles. The van der Waals surface area contributed by atoms with Crippen molar-refractivity contribution in [2.45, 2.75) is 19.2 Å². The van der Waals surface area contributed by atoms with Crippen molar-refractivity contribution in [2.75, 3.05) is 0 Å². The SMILES string of the molecule is Cc1ccc([C@@H](OI)C(F)(F)F)cn1. The van der Waals surface area contributed by atoms with Crippen LogP contribution in [-0.4, -0.2) is 11.2 Å². The number of pyridine rings is 1. The van der Waals surface area contributed by atoms with Crippen LogP contribution < -0.4 is 0 Å². The van der Waals surface area contributed by atoms with Crippen LogP contribution in [0, 0.1) is 6.92 Å². The summed E-state index contributed by atoms with van der Waals surface area (Å²) in [5.41, 5.74) is 0.681. The van der Waals surface area contributed by atoms with E-state index in [9.17, 15) is 13.2 Å². The van der Waals surface area contributed by atoms with Gasteiger partial charge in [-0.3, -0.25) is 8.05 Å². The van der Waals surface area contributed by atoms with E-state index in [1.165, 1.54) is 41.3 Å². The Labute approximate surface area is 93.2 Å². The second-order valence-corrected chi connectivity index (χ2v) is 3.25. The second-order valence-electron chi connectivity index (χ2n) is 2.74. The molecule has 1 aromatic heterocycles. The monoisotopic (exact) mass is 317 g/mol. The molecule has 1 rings (SSSR count). The maximum Gasteiger partial charge on any atom is 0.419 e. The van der Waals surface area contributed by atoms with Gasteiger partial charge in [0.05, 0.1) is 0 Å². The second kappa shape index (κ2) is 4.43. The summed E-state index contributed by atoms with van der Waals surface area (Å²) in [6.45, 7) is 1.71. The van der Waals surface area contributed by atoms with Crippen molar-refractivity contribution in [3.8, 4) is 0 Å². The molecule has 14 heavy (non-hydrogen) atoms. The lowest BCUT2D eigenvalue weighted by Crippen LogP contribution is -2.21. The van der Waals surface area contributed by atoms with E-state index in [1.54, 1.807) is 6.92 Å². The topological polar surface area (TPSA) is 22.1 Å². The number of alkyl halides is 3. The summed E-state index contributed by atoms with van der Waals surface area (Å²) < 4.78 is 41.4. The maximum absolute atomic E-state index is 12.3. The van der Waals surface area contributed by atoms with Crippen molar-refractivity contribution in [3.63, 3.8) is 0 Å². The summed E-state index contributed by atoms with van der Waals surface area (Å²) >= 11 is 1.24. The average molecular weight is 317 g/mol. The molecule has 0 radical (unpaired) electrons. The molecule has 78 valence electrons. The number of aromatic nitrogens is 1. The Balaban J connectivity index is 2.96. The van der Waals surface area contributed by atoms with Gasteiger partial charge in [-0.05, 0) is 13.0 Å². The molecule has 0 aliphatic carbocycles. The van der Waals surface area contributed by atoms with E-state index in [-0.39, 0.29) is 5.56 Å². The summed E-state index contributed by atoms with van der Waals surface area (Å²) in [5, 5.41) is 0. The van der Waals surface area contributed by atoms with Crippen LogP contribution in [0.4, 0.5) is 13.2 Å². The van der Waals surface area contributed by atoms with Crippen LogP contribution in [0.1, 0.15) is 17.4 Å².